The fourth-order valence-electron chi connectivity index (χ4n) is 2.82. The first-order valence-corrected chi connectivity index (χ1v) is 10.2. The first kappa shape index (κ1) is 23.4. The Balaban J connectivity index is 0.00000300. The molecule has 0 aliphatic rings. The summed E-state index contributed by atoms with van der Waals surface area (Å²) in [7, 11) is 3.96. The van der Waals surface area contributed by atoms with Crippen molar-refractivity contribution in [2.45, 2.75) is 13.8 Å². The lowest BCUT2D eigenvalue weighted by Crippen LogP contribution is -2.39. The van der Waals surface area contributed by atoms with Gasteiger partial charge in [-0.3, -0.25) is 9.69 Å². The molecule has 1 amide bonds. The smallest absolute Gasteiger partial charge is 0.266 e. The van der Waals surface area contributed by atoms with Crippen LogP contribution < -0.4 is 9.64 Å². The summed E-state index contributed by atoms with van der Waals surface area (Å²) < 4.78 is 6.75. The molecule has 0 unspecified atom stereocenters. The Bertz CT molecular complexity index is 991. The van der Waals surface area contributed by atoms with Crippen molar-refractivity contribution in [1.82, 2.24) is 9.88 Å². The molecule has 3 rings (SSSR count). The Hall–Kier alpha value is -1.86. The largest absolute Gasteiger partial charge is 0.483 e. The lowest BCUT2D eigenvalue weighted by molar-refractivity contribution is -0.120. The van der Waals surface area contributed by atoms with E-state index < -0.39 is 0 Å². The maximum absolute atomic E-state index is 13.0. The molecule has 0 N–H and O–H groups in total. The predicted octanol–water partition coefficient (Wildman–Crippen LogP) is 4.96. The van der Waals surface area contributed by atoms with E-state index in [1.54, 1.807) is 4.90 Å². The van der Waals surface area contributed by atoms with E-state index in [1.165, 1.54) is 11.3 Å². The van der Waals surface area contributed by atoms with Crippen LogP contribution in [0.1, 0.15) is 11.1 Å². The molecule has 3 aromatic rings. The molecule has 0 bridgehead atoms. The molecule has 1 heterocycles. The van der Waals surface area contributed by atoms with Gasteiger partial charge in [0.25, 0.3) is 5.91 Å². The maximum atomic E-state index is 13.0. The molecule has 0 aliphatic heterocycles. The number of carbonyl (C=O) groups is 1. The van der Waals surface area contributed by atoms with E-state index in [-0.39, 0.29) is 24.9 Å². The highest BCUT2D eigenvalue weighted by Gasteiger charge is 2.21. The van der Waals surface area contributed by atoms with Gasteiger partial charge in [0.05, 0.1) is 10.2 Å². The SMILES string of the molecule is Cc1ccccc1OCC(=O)N(CCN(C)C)c1nc2c(C)cc(Cl)cc2s1.Cl. The van der Waals surface area contributed by atoms with E-state index in [1.807, 2.05) is 69.2 Å². The van der Waals surface area contributed by atoms with Crippen molar-refractivity contribution in [3.8, 4) is 5.75 Å². The maximum Gasteiger partial charge on any atom is 0.266 e. The van der Waals surface area contributed by atoms with Gasteiger partial charge in [0.15, 0.2) is 11.7 Å². The fraction of sp³-hybridized carbons (Fsp3) is 0.333. The number of ether oxygens (including phenoxy) is 1. The van der Waals surface area contributed by atoms with Gasteiger partial charge in [-0.05, 0) is 57.3 Å². The van der Waals surface area contributed by atoms with E-state index in [4.69, 9.17) is 21.3 Å². The van der Waals surface area contributed by atoms with Crippen LogP contribution in [0.2, 0.25) is 5.02 Å². The van der Waals surface area contributed by atoms with Crippen molar-refractivity contribution < 1.29 is 9.53 Å². The Kier molecular flexibility index (Phi) is 8.28. The molecule has 0 fully saturated rings. The van der Waals surface area contributed by atoms with Crippen molar-refractivity contribution >= 4 is 56.6 Å². The molecular formula is C21H25Cl2N3O2S. The van der Waals surface area contributed by atoms with E-state index in [0.29, 0.717) is 16.7 Å². The van der Waals surface area contributed by atoms with E-state index in [0.717, 1.165) is 33.6 Å². The van der Waals surface area contributed by atoms with Crippen molar-refractivity contribution in [2.24, 2.45) is 0 Å². The molecule has 0 aliphatic carbocycles. The number of thiazole rings is 1. The standard InChI is InChI=1S/C21H24ClN3O2S.ClH/c1-14-7-5-6-8-17(14)27-13-19(26)25(10-9-24(3)4)21-23-20-15(2)11-16(22)12-18(20)28-21;/h5-8,11-12H,9-10,13H2,1-4H3;1H. The van der Waals surface area contributed by atoms with Crippen LogP contribution in [0.15, 0.2) is 36.4 Å². The van der Waals surface area contributed by atoms with Crippen molar-refractivity contribution in [2.75, 3.05) is 38.7 Å². The van der Waals surface area contributed by atoms with Crippen molar-refractivity contribution in [3.63, 3.8) is 0 Å². The van der Waals surface area contributed by atoms with Crippen LogP contribution in [0.25, 0.3) is 10.2 Å². The highest BCUT2D eigenvalue weighted by Crippen LogP contribution is 2.33. The minimum atomic E-state index is -0.118. The number of hydrogen-bond acceptors (Lipinski definition) is 5. The Morgan fingerprint density at radius 2 is 1.86 bits per heavy atom. The number of amides is 1. The molecule has 2 aromatic carbocycles. The summed E-state index contributed by atoms with van der Waals surface area (Å²) in [5.41, 5.74) is 2.88. The van der Waals surface area contributed by atoms with E-state index >= 15 is 0 Å². The first-order chi connectivity index (χ1) is 13.3. The third kappa shape index (κ3) is 5.82. The summed E-state index contributed by atoms with van der Waals surface area (Å²) in [6.07, 6.45) is 0. The van der Waals surface area contributed by atoms with E-state index in [2.05, 4.69) is 0 Å². The number of fused-ring (bicyclic) bond motifs is 1. The molecule has 5 nitrogen and oxygen atoms in total. The molecule has 0 spiro atoms. The molecule has 0 atom stereocenters. The van der Waals surface area contributed by atoms with Gasteiger partial charge >= 0.3 is 0 Å². The minimum absolute atomic E-state index is 0. The third-order valence-corrected chi connectivity index (χ3v) is 5.63. The van der Waals surface area contributed by atoms with Gasteiger partial charge in [-0.2, -0.15) is 0 Å². The molecule has 0 saturated heterocycles. The normalized spacial score (nSPS) is 10.8. The quantitative estimate of drug-likeness (QED) is 0.506. The van der Waals surface area contributed by atoms with Gasteiger partial charge in [0.1, 0.15) is 5.75 Å². The van der Waals surface area contributed by atoms with Gasteiger partial charge < -0.3 is 9.64 Å². The monoisotopic (exact) mass is 453 g/mol. The van der Waals surface area contributed by atoms with Crippen LogP contribution in [0.3, 0.4) is 0 Å². The second kappa shape index (κ2) is 10.3. The first-order valence-electron chi connectivity index (χ1n) is 9.05. The minimum Gasteiger partial charge on any atom is -0.483 e. The van der Waals surface area contributed by atoms with Crippen molar-refractivity contribution in [1.29, 1.82) is 0 Å². The van der Waals surface area contributed by atoms with Gasteiger partial charge in [0, 0.05) is 18.1 Å². The second-order valence-electron chi connectivity index (χ2n) is 6.97. The number of carbonyl (C=O) groups excluding carboxylic acids is 1. The number of aryl methyl sites for hydroxylation is 2. The zero-order chi connectivity index (χ0) is 20.3. The Morgan fingerprint density at radius 3 is 2.55 bits per heavy atom. The number of rotatable bonds is 7. The summed E-state index contributed by atoms with van der Waals surface area (Å²) >= 11 is 7.66. The van der Waals surface area contributed by atoms with Gasteiger partial charge in [-0.25, -0.2) is 4.98 Å². The van der Waals surface area contributed by atoms with Crippen LogP contribution in [0, 0.1) is 13.8 Å². The lowest BCUT2D eigenvalue weighted by Gasteiger charge is -2.22. The number of halogens is 2. The van der Waals surface area contributed by atoms with Crippen LogP contribution in [-0.2, 0) is 4.79 Å². The Morgan fingerprint density at radius 1 is 1.14 bits per heavy atom. The van der Waals surface area contributed by atoms with E-state index in [9.17, 15) is 4.79 Å². The van der Waals surface area contributed by atoms with Crippen molar-refractivity contribution in [3.05, 3.63) is 52.5 Å². The number of anilines is 1. The summed E-state index contributed by atoms with van der Waals surface area (Å²) in [4.78, 5) is 21.5. The summed E-state index contributed by atoms with van der Waals surface area (Å²) in [5.74, 6) is 0.600. The summed E-state index contributed by atoms with van der Waals surface area (Å²) in [5, 5.41) is 1.34. The van der Waals surface area contributed by atoms with Gasteiger partial charge in [-0.1, -0.05) is 41.1 Å². The zero-order valence-electron chi connectivity index (χ0n) is 16.9. The molecule has 156 valence electrons. The lowest BCUT2D eigenvalue weighted by atomic mass is 10.2. The fourth-order valence-corrected chi connectivity index (χ4v) is 4.28. The number of benzene rings is 2. The molecule has 0 radical (unpaired) electrons. The number of likely N-dealkylation sites (N-methyl/N-ethyl adjacent to an activating group) is 1. The molecule has 0 saturated carbocycles. The van der Waals surface area contributed by atoms with Crippen LogP contribution >= 0.6 is 35.3 Å². The average Bonchev–Trinajstić information content (AvgIpc) is 3.05. The highest BCUT2D eigenvalue weighted by atomic mass is 35.5. The topological polar surface area (TPSA) is 45.7 Å². The molecule has 1 aromatic heterocycles. The Labute approximate surface area is 186 Å². The summed E-state index contributed by atoms with van der Waals surface area (Å²) in [6.45, 7) is 5.17. The number of aromatic nitrogens is 1. The third-order valence-electron chi connectivity index (χ3n) is 4.39. The zero-order valence-corrected chi connectivity index (χ0v) is 19.3. The number of hydrogen-bond donors (Lipinski definition) is 0. The van der Waals surface area contributed by atoms with Gasteiger partial charge in [0.2, 0.25) is 0 Å². The van der Waals surface area contributed by atoms with Crippen LogP contribution in [-0.4, -0.2) is 49.6 Å². The molecular weight excluding hydrogens is 429 g/mol. The average molecular weight is 454 g/mol. The molecule has 29 heavy (non-hydrogen) atoms. The van der Waals surface area contributed by atoms with Crippen LogP contribution in [0.5, 0.6) is 5.75 Å². The predicted molar refractivity (Wildman–Crippen MR) is 124 cm³/mol. The number of nitrogens with zero attached hydrogens (tertiary/aromatic N) is 3. The van der Waals surface area contributed by atoms with Gasteiger partial charge in [-0.15, -0.1) is 12.4 Å². The molecule has 8 heteroatoms. The second-order valence-corrected chi connectivity index (χ2v) is 8.41. The van der Waals surface area contributed by atoms with Crippen LogP contribution in [0.4, 0.5) is 5.13 Å². The number of para-hydroxylation sites is 1. The summed E-state index contributed by atoms with van der Waals surface area (Å²) in [6, 6.07) is 11.5. The highest BCUT2D eigenvalue weighted by molar-refractivity contribution is 7.22.